The molecule has 5 heteroatoms. The molecule has 0 N–H and O–H groups in total. The summed E-state index contributed by atoms with van der Waals surface area (Å²) in [6.45, 7) is 0.203. The van der Waals surface area contributed by atoms with Gasteiger partial charge in [-0.2, -0.15) is 0 Å². The van der Waals surface area contributed by atoms with E-state index in [1.807, 2.05) is 60.7 Å². The lowest BCUT2D eigenvalue weighted by Gasteiger charge is -2.35. The number of carbonyl (C=O) groups is 2. The second-order valence-electron chi connectivity index (χ2n) is 7.55. The number of nitrogens with zero attached hydrogens (tertiary/aromatic N) is 2. The number of ether oxygens (including phenoxy) is 1. The Kier molecular flexibility index (Phi) is 5.53. The highest BCUT2D eigenvalue weighted by Gasteiger charge is 2.34. The lowest BCUT2D eigenvalue weighted by Crippen LogP contribution is -2.50. The average molecular weight is 400 g/mol. The molecule has 5 nitrogen and oxygen atoms in total. The van der Waals surface area contributed by atoms with Crippen LogP contribution in [0.3, 0.4) is 0 Å². The van der Waals surface area contributed by atoms with E-state index in [0.29, 0.717) is 11.4 Å². The van der Waals surface area contributed by atoms with Gasteiger partial charge in [0.05, 0.1) is 18.7 Å². The Hall–Kier alpha value is -3.60. The Bertz CT molecular complexity index is 1050. The van der Waals surface area contributed by atoms with Gasteiger partial charge in [0.15, 0.2) is 6.10 Å². The third-order valence-corrected chi connectivity index (χ3v) is 5.21. The predicted molar refractivity (Wildman–Crippen MR) is 117 cm³/mol. The molecule has 1 heterocycles. The number of para-hydroxylation sites is 2. The molecule has 1 aliphatic rings. The molecule has 152 valence electrons. The zero-order chi connectivity index (χ0) is 21.1. The minimum absolute atomic E-state index is 0.0604. The molecular weight excluding hydrogens is 376 g/mol. The molecular formula is C25H24N2O3. The lowest BCUT2D eigenvalue weighted by molar-refractivity contribution is -0.136. The van der Waals surface area contributed by atoms with Crippen molar-refractivity contribution >= 4 is 17.5 Å². The molecule has 0 bridgehead atoms. The second-order valence-corrected chi connectivity index (χ2v) is 7.55. The van der Waals surface area contributed by atoms with Crippen molar-refractivity contribution in [3.63, 3.8) is 0 Å². The number of fused-ring (bicyclic) bond motifs is 1. The van der Waals surface area contributed by atoms with Crippen LogP contribution in [0.5, 0.6) is 5.75 Å². The smallest absolute Gasteiger partial charge is 0.265 e. The molecule has 3 aromatic rings. The maximum absolute atomic E-state index is 13.2. The number of likely N-dealkylation sites (N-methyl/N-ethyl adjacent to an activating group) is 1. The number of carbonyl (C=O) groups excluding carboxylic acids is 2. The molecule has 0 saturated heterocycles. The standard InChI is InChI=1S/C25H24N2O3/c1-26(2)25(29)23-17-27(21-10-6-7-11-22(21)30-23)24(28)16-18-12-14-20(15-13-18)19-8-4-3-5-9-19/h3-15,23H,16-17H2,1-2H3/t23-/m0/s1. The normalized spacial score (nSPS) is 15.1. The number of rotatable bonds is 4. The molecule has 0 saturated carbocycles. The third kappa shape index (κ3) is 4.06. The van der Waals surface area contributed by atoms with Crippen LogP contribution >= 0.6 is 0 Å². The van der Waals surface area contributed by atoms with E-state index in [-0.39, 0.29) is 24.8 Å². The Morgan fingerprint density at radius 1 is 0.900 bits per heavy atom. The van der Waals surface area contributed by atoms with Gasteiger partial charge in [-0.25, -0.2) is 0 Å². The molecule has 1 atom stereocenters. The predicted octanol–water partition coefficient (Wildman–Crippen LogP) is 3.78. The van der Waals surface area contributed by atoms with Gasteiger partial charge in [0, 0.05) is 14.1 Å². The molecule has 3 aromatic carbocycles. The summed E-state index contributed by atoms with van der Waals surface area (Å²) in [5, 5.41) is 0. The maximum atomic E-state index is 13.2. The summed E-state index contributed by atoms with van der Waals surface area (Å²) in [5.41, 5.74) is 3.88. The van der Waals surface area contributed by atoms with Crippen molar-refractivity contribution in [3.05, 3.63) is 84.4 Å². The van der Waals surface area contributed by atoms with Gasteiger partial charge < -0.3 is 14.5 Å². The number of benzene rings is 3. The average Bonchev–Trinajstić information content (AvgIpc) is 2.78. The van der Waals surface area contributed by atoms with Crippen molar-refractivity contribution in [2.24, 2.45) is 0 Å². The highest BCUT2D eigenvalue weighted by Crippen LogP contribution is 2.34. The molecule has 0 aromatic heterocycles. The van der Waals surface area contributed by atoms with Crippen LogP contribution in [0, 0.1) is 0 Å². The monoisotopic (exact) mass is 400 g/mol. The van der Waals surface area contributed by atoms with Crippen LogP contribution in [-0.4, -0.2) is 43.5 Å². The molecule has 4 rings (SSSR count). The summed E-state index contributed by atoms with van der Waals surface area (Å²) in [7, 11) is 3.37. The van der Waals surface area contributed by atoms with Crippen molar-refractivity contribution in [2.75, 3.05) is 25.5 Å². The highest BCUT2D eigenvalue weighted by molar-refractivity contribution is 5.98. The molecule has 0 spiro atoms. The van der Waals surface area contributed by atoms with Gasteiger partial charge in [0.2, 0.25) is 5.91 Å². The van der Waals surface area contributed by atoms with E-state index in [2.05, 4.69) is 12.1 Å². The van der Waals surface area contributed by atoms with Crippen LogP contribution in [0.4, 0.5) is 5.69 Å². The van der Waals surface area contributed by atoms with Crippen LogP contribution in [0.1, 0.15) is 5.56 Å². The summed E-state index contributed by atoms with van der Waals surface area (Å²) in [5.74, 6) is 0.334. The summed E-state index contributed by atoms with van der Waals surface area (Å²) in [6.07, 6.45) is -0.453. The number of amides is 2. The topological polar surface area (TPSA) is 49.9 Å². The fraction of sp³-hybridized carbons (Fsp3) is 0.200. The van der Waals surface area contributed by atoms with Gasteiger partial charge in [0.25, 0.3) is 5.91 Å². The van der Waals surface area contributed by atoms with Gasteiger partial charge in [0.1, 0.15) is 5.75 Å². The molecule has 0 radical (unpaired) electrons. The fourth-order valence-electron chi connectivity index (χ4n) is 3.60. The Labute approximate surface area is 176 Å². The van der Waals surface area contributed by atoms with Gasteiger partial charge in [-0.05, 0) is 28.8 Å². The Morgan fingerprint density at radius 3 is 2.23 bits per heavy atom. The largest absolute Gasteiger partial charge is 0.476 e. The summed E-state index contributed by atoms with van der Waals surface area (Å²) < 4.78 is 5.87. The maximum Gasteiger partial charge on any atom is 0.265 e. The van der Waals surface area contributed by atoms with Crippen molar-refractivity contribution in [3.8, 4) is 16.9 Å². The van der Waals surface area contributed by atoms with Gasteiger partial charge in [-0.15, -0.1) is 0 Å². The number of anilines is 1. The Morgan fingerprint density at radius 2 is 1.53 bits per heavy atom. The van der Waals surface area contributed by atoms with Crippen molar-refractivity contribution < 1.29 is 14.3 Å². The van der Waals surface area contributed by atoms with Crippen LogP contribution in [0.25, 0.3) is 11.1 Å². The van der Waals surface area contributed by atoms with Crippen molar-refractivity contribution in [1.82, 2.24) is 4.90 Å². The number of hydrogen-bond donors (Lipinski definition) is 0. The zero-order valence-corrected chi connectivity index (χ0v) is 17.1. The first-order valence-corrected chi connectivity index (χ1v) is 9.94. The first kappa shape index (κ1) is 19.7. The van der Waals surface area contributed by atoms with Crippen LogP contribution in [0.2, 0.25) is 0 Å². The van der Waals surface area contributed by atoms with Crippen LogP contribution < -0.4 is 9.64 Å². The molecule has 30 heavy (non-hydrogen) atoms. The van der Waals surface area contributed by atoms with E-state index >= 15 is 0 Å². The third-order valence-electron chi connectivity index (χ3n) is 5.21. The molecule has 0 fully saturated rings. The second kappa shape index (κ2) is 8.41. The summed E-state index contributed by atoms with van der Waals surface area (Å²) >= 11 is 0. The van der Waals surface area contributed by atoms with E-state index in [4.69, 9.17) is 4.74 Å². The number of hydrogen-bond acceptors (Lipinski definition) is 3. The van der Waals surface area contributed by atoms with Crippen molar-refractivity contribution in [2.45, 2.75) is 12.5 Å². The first-order valence-electron chi connectivity index (χ1n) is 9.94. The zero-order valence-electron chi connectivity index (χ0n) is 17.1. The minimum Gasteiger partial charge on any atom is -0.476 e. The minimum atomic E-state index is -0.709. The molecule has 0 aliphatic carbocycles. The fourth-order valence-corrected chi connectivity index (χ4v) is 3.60. The molecule has 2 amide bonds. The van der Waals surface area contributed by atoms with Crippen LogP contribution in [0.15, 0.2) is 78.9 Å². The molecule has 0 unspecified atom stereocenters. The van der Waals surface area contributed by atoms with Gasteiger partial charge >= 0.3 is 0 Å². The molecule has 1 aliphatic heterocycles. The quantitative estimate of drug-likeness (QED) is 0.670. The Balaban J connectivity index is 1.54. The first-order chi connectivity index (χ1) is 14.5. The summed E-state index contributed by atoms with van der Waals surface area (Å²) in [6, 6.07) is 25.5. The van der Waals surface area contributed by atoms with E-state index < -0.39 is 6.10 Å². The van der Waals surface area contributed by atoms with Gasteiger partial charge in [-0.3, -0.25) is 9.59 Å². The van der Waals surface area contributed by atoms with Crippen LogP contribution in [-0.2, 0) is 16.0 Å². The lowest BCUT2D eigenvalue weighted by atomic mass is 10.0. The van der Waals surface area contributed by atoms with Crippen molar-refractivity contribution in [1.29, 1.82) is 0 Å². The van der Waals surface area contributed by atoms with E-state index in [1.54, 1.807) is 25.1 Å². The van der Waals surface area contributed by atoms with E-state index in [0.717, 1.165) is 16.7 Å². The highest BCUT2D eigenvalue weighted by atomic mass is 16.5. The van der Waals surface area contributed by atoms with Gasteiger partial charge in [-0.1, -0.05) is 66.7 Å². The summed E-state index contributed by atoms with van der Waals surface area (Å²) in [4.78, 5) is 28.8. The van der Waals surface area contributed by atoms with E-state index in [1.165, 1.54) is 4.90 Å². The van der Waals surface area contributed by atoms with E-state index in [9.17, 15) is 9.59 Å². The SMILES string of the molecule is CN(C)C(=O)[C@@H]1CN(C(=O)Cc2ccc(-c3ccccc3)cc2)c2ccccc2O1.